The first-order valence-electron chi connectivity index (χ1n) is 15.1. The number of hydrogen-bond donors (Lipinski definition) is 0. The normalized spacial score (nSPS) is 13.9. The third-order valence-corrected chi connectivity index (χ3v) is 13.3. The van der Waals surface area contributed by atoms with E-state index < -0.39 is 8.07 Å². The van der Waals surface area contributed by atoms with E-state index in [0.717, 1.165) is 0 Å². The predicted molar refractivity (Wildman–Crippen MR) is 186 cm³/mol. The molecule has 0 amide bonds. The molecule has 2 heterocycles. The summed E-state index contributed by atoms with van der Waals surface area (Å²) in [5.41, 5.74) is 17.7. The van der Waals surface area contributed by atoms with Crippen molar-refractivity contribution in [2.75, 3.05) is 0 Å². The Morgan fingerprint density at radius 3 is 1.57 bits per heavy atom. The van der Waals surface area contributed by atoms with Crippen molar-refractivity contribution in [1.29, 1.82) is 0 Å². The largest absolute Gasteiger partial charge is 0.242 e. The molecule has 6 aromatic rings. The van der Waals surface area contributed by atoms with Gasteiger partial charge in [-0.15, -0.1) is 0 Å². The lowest BCUT2D eigenvalue weighted by Crippen LogP contribution is -2.75. The summed E-state index contributed by atoms with van der Waals surface area (Å²) in [6.07, 6.45) is 0. The number of hydrogen-bond acceptors (Lipinski definition) is 0. The van der Waals surface area contributed by atoms with Crippen molar-refractivity contribution in [2.24, 2.45) is 0 Å². The van der Waals surface area contributed by atoms with E-state index in [4.69, 9.17) is 0 Å². The predicted octanol–water partition coefficient (Wildman–Crippen LogP) is 6.94. The molecular weight excluding hydrogens is 519 g/mol. The molecule has 0 N–H and O–H groups in total. The Morgan fingerprint density at radius 2 is 0.929 bits per heavy atom. The van der Waals surface area contributed by atoms with Crippen LogP contribution >= 0.6 is 0 Å². The van der Waals surface area contributed by atoms with E-state index in [2.05, 4.69) is 154 Å². The maximum absolute atomic E-state index is 2.56. The number of benzene rings is 6. The molecule has 200 valence electrons. The Balaban J connectivity index is 1.39. The molecule has 0 spiro atoms. The molecule has 0 bridgehead atoms. The second-order valence-electron chi connectivity index (χ2n) is 12.7. The molecule has 2 aliphatic rings. The Bertz CT molecular complexity index is 2000. The van der Waals surface area contributed by atoms with Crippen LogP contribution in [-0.4, -0.2) is 14.8 Å². The molecule has 42 heavy (non-hydrogen) atoms. The maximum atomic E-state index is 2.56. The molecule has 0 aromatic heterocycles. The zero-order valence-electron chi connectivity index (χ0n) is 24.7. The van der Waals surface area contributed by atoms with E-state index in [1.54, 1.807) is 15.8 Å². The van der Waals surface area contributed by atoms with E-state index in [9.17, 15) is 0 Å². The van der Waals surface area contributed by atoms with Crippen molar-refractivity contribution < 1.29 is 0 Å². The fourth-order valence-corrected chi connectivity index (χ4v) is 10.6. The SMILES string of the molecule is Cc1ccc(-c2ccc3c(c2)-c2cc(-c4ccccc4)cc4c2B3c2ccc(-c3ccc(C)cc3)cc2[Si]4(C)C)cc1. The van der Waals surface area contributed by atoms with Crippen molar-refractivity contribution in [3.05, 3.63) is 139 Å². The minimum absolute atomic E-state index is 0.282. The van der Waals surface area contributed by atoms with Gasteiger partial charge in [0.25, 0.3) is 0 Å². The fraction of sp³-hybridized carbons (Fsp3) is 0.100. The second kappa shape index (κ2) is 9.31. The van der Waals surface area contributed by atoms with Gasteiger partial charge in [0.2, 0.25) is 6.71 Å². The Morgan fingerprint density at radius 1 is 0.429 bits per heavy atom. The lowest BCUT2D eigenvalue weighted by Gasteiger charge is -2.37. The molecular formula is C40H33BSi. The Kier molecular flexibility index (Phi) is 5.61. The van der Waals surface area contributed by atoms with Gasteiger partial charge in [-0.25, -0.2) is 0 Å². The first-order chi connectivity index (χ1) is 20.4. The van der Waals surface area contributed by atoms with Crippen molar-refractivity contribution >= 4 is 41.5 Å². The van der Waals surface area contributed by atoms with E-state index in [1.807, 2.05) is 0 Å². The van der Waals surface area contributed by atoms with E-state index in [-0.39, 0.29) is 6.71 Å². The third kappa shape index (κ3) is 3.82. The summed E-state index contributed by atoms with van der Waals surface area (Å²) in [6.45, 7) is 9.72. The summed E-state index contributed by atoms with van der Waals surface area (Å²) in [4.78, 5) is 0. The lowest BCUT2D eigenvalue weighted by molar-refractivity contribution is 1.47. The van der Waals surface area contributed by atoms with Gasteiger partial charge in [-0.3, -0.25) is 0 Å². The van der Waals surface area contributed by atoms with Gasteiger partial charge < -0.3 is 0 Å². The van der Waals surface area contributed by atoms with Crippen LogP contribution in [0, 0.1) is 13.8 Å². The smallest absolute Gasteiger partial charge is 0.0689 e. The molecule has 8 rings (SSSR count). The number of fused-ring (bicyclic) bond motifs is 5. The quantitative estimate of drug-likeness (QED) is 0.209. The molecule has 0 atom stereocenters. The molecule has 0 radical (unpaired) electrons. The molecule has 0 unspecified atom stereocenters. The third-order valence-electron chi connectivity index (χ3n) is 9.71. The summed E-state index contributed by atoms with van der Waals surface area (Å²) in [6, 6.07) is 48.4. The monoisotopic (exact) mass is 552 g/mol. The van der Waals surface area contributed by atoms with E-state index in [0.29, 0.717) is 0 Å². The van der Waals surface area contributed by atoms with E-state index in [1.165, 1.54) is 66.6 Å². The Labute approximate surface area is 250 Å². The fourth-order valence-electron chi connectivity index (χ4n) is 7.37. The van der Waals surface area contributed by atoms with Crippen LogP contribution in [0.25, 0.3) is 44.5 Å². The molecule has 0 nitrogen and oxygen atoms in total. The number of rotatable bonds is 3. The first-order valence-corrected chi connectivity index (χ1v) is 18.1. The second-order valence-corrected chi connectivity index (χ2v) is 17.1. The average Bonchev–Trinajstić information content (AvgIpc) is 3.34. The van der Waals surface area contributed by atoms with Gasteiger partial charge in [-0.1, -0.05) is 166 Å². The van der Waals surface area contributed by atoms with Crippen LogP contribution in [0.2, 0.25) is 13.1 Å². The van der Waals surface area contributed by atoms with Gasteiger partial charge in [-0.2, -0.15) is 0 Å². The van der Waals surface area contributed by atoms with Gasteiger partial charge in [0.1, 0.15) is 8.07 Å². The highest BCUT2D eigenvalue weighted by Gasteiger charge is 2.46. The summed E-state index contributed by atoms with van der Waals surface area (Å²) >= 11 is 0. The van der Waals surface area contributed by atoms with Gasteiger partial charge in [-0.05, 0) is 70.5 Å². The van der Waals surface area contributed by atoms with Crippen LogP contribution in [0.5, 0.6) is 0 Å². The lowest BCUT2D eigenvalue weighted by atomic mass is 9.38. The van der Waals surface area contributed by atoms with Gasteiger partial charge in [0.05, 0.1) is 0 Å². The van der Waals surface area contributed by atoms with Gasteiger partial charge in [0, 0.05) is 0 Å². The topological polar surface area (TPSA) is 0 Å². The van der Waals surface area contributed by atoms with Crippen LogP contribution in [0.3, 0.4) is 0 Å². The van der Waals surface area contributed by atoms with Gasteiger partial charge >= 0.3 is 0 Å². The highest BCUT2D eigenvalue weighted by atomic mass is 28.3. The Hall–Kier alpha value is -4.40. The van der Waals surface area contributed by atoms with Crippen molar-refractivity contribution in [2.45, 2.75) is 26.9 Å². The molecule has 6 aromatic carbocycles. The van der Waals surface area contributed by atoms with Crippen LogP contribution in [0.4, 0.5) is 0 Å². The molecule has 0 aliphatic carbocycles. The maximum Gasteiger partial charge on any atom is 0.242 e. The van der Waals surface area contributed by atoms with Crippen molar-refractivity contribution in [1.82, 2.24) is 0 Å². The first kappa shape index (κ1) is 25.3. The van der Waals surface area contributed by atoms with Crippen molar-refractivity contribution in [3.8, 4) is 44.5 Å². The molecule has 2 heteroatoms. The van der Waals surface area contributed by atoms with Gasteiger partial charge in [0.15, 0.2) is 0 Å². The summed E-state index contributed by atoms with van der Waals surface area (Å²) < 4.78 is 0. The zero-order chi connectivity index (χ0) is 28.6. The molecule has 0 saturated heterocycles. The average molecular weight is 553 g/mol. The van der Waals surface area contributed by atoms with Crippen LogP contribution < -0.4 is 26.8 Å². The summed E-state index contributed by atoms with van der Waals surface area (Å²) in [7, 11) is -2.03. The van der Waals surface area contributed by atoms with Crippen LogP contribution in [0.1, 0.15) is 11.1 Å². The highest BCUT2D eigenvalue weighted by molar-refractivity contribution is 7.15. The summed E-state index contributed by atoms with van der Waals surface area (Å²) in [5, 5.41) is 3.16. The minimum Gasteiger partial charge on any atom is -0.0689 e. The number of aryl methyl sites for hydroxylation is 2. The highest BCUT2D eigenvalue weighted by Crippen LogP contribution is 2.33. The minimum atomic E-state index is -2.03. The standard InChI is InChI=1S/C40H33BSi/c1-26-10-14-29(15-11-26)31-18-20-36-34(22-31)35-23-33(28-8-6-5-7-9-28)25-39-40(35)41(36)37-21-19-32(24-38(37)42(39,3)4)30-16-12-27(2)13-17-30/h5-25H,1-4H3. The van der Waals surface area contributed by atoms with Crippen LogP contribution in [-0.2, 0) is 0 Å². The van der Waals surface area contributed by atoms with Crippen molar-refractivity contribution in [3.63, 3.8) is 0 Å². The van der Waals surface area contributed by atoms with Crippen LogP contribution in [0.15, 0.2) is 127 Å². The summed E-state index contributed by atoms with van der Waals surface area (Å²) in [5.74, 6) is 0. The molecule has 2 aliphatic heterocycles. The zero-order valence-corrected chi connectivity index (χ0v) is 25.7. The van der Waals surface area contributed by atoms with E-state index >= 15 is 0 Å². The molecule has 0 saturated carbocycles. The molecule has 0 fully saturated rings.